The first-order chi connectivity index (χ1) is 7.72. The van der Waals surface area contributed by atoms with Crippen LogP contribution < -0.4 is 5.32 Å². The van der Waals surface area contributed by atoms with Gasteiger partial charge in [-0.05, 0) is 29.8 Å². The van der Waals surface area contributed by atoms with Crippen LogP contribution in [-0.2, 0) is 0 Å². The molecular formula is C10H12BrN5. The van der Waals surface area contributed by atoms with Crippen molar-refractivity contribution in [3.05, 3.63) is 28.8 Å². The predicted octanol–water partition coefficient (Wildman–Crippen LogP) is 2.17. The Kier molecular flexibility index (Phi) is 3.19. The molecule has 6 heteroatoms. The molecule has 0 aliphatic heterocycles. The fourth-order valence-corrected chi connectivity index (χ4v) is 1.72. The van der Waals surface area contributed by atoms with Crippen molar-refractivity contribution in [1.29, 1.82) is 0 Å². The summed E-state index contributed by atoms with van der Waals surface area (Å²) in [7, 11) is 0. The highest BCUT2D eigenvalue weighted by Gasteiger charge is 2.08. The Labute approximate surface area is 102 Å². The molecule has 0 spiro atoms. The molecule has 0 saturated carbocycles. The van der Waals surface area contributed by atoms with Crippen LogP contribution in [0.15, 0.2) is 23.2 Å². The lowest BCUT2D eigenvalue weighted by molar-refractivity contribution is 0.829. The Balaban J connectivity index is 2.45. The summed E-state index contributed by atoms with van der Waals surface area (Å²) in [6.45, 7) is 4.84. The van der Waals surface area contributed by atoms with Crippen LogP contribution in [0.5, 0.6) is 0 Å². The fraction of sp³-hybridized carbons (Fsp3) is 0.300. The maximum absolute atomic E-state index is 4.23. The quantitative estimate of drug-likeness (QED) is 0.937. The van der Waals surface area contributed by atoms with Gasteiger partial charge in [0.1, 0.15) is 12.1 Å². The second kappa shape index (κ2) is 4.61. The second-order valence-electron chi connectivity index (χ2n) is 3.30. The van der Waals surface area contributed by atoms with E-state index in [1.54, 1.807) is 10.9 Å². The van der Waals surface area contributed by atoms with Crippen molar-refractivity contribution in [2.45, 2.75) is 13.8 Å². The number of nitrogens with one attached hydrogen (secondary N) is 1. The molecule has 84 valence electrons. The smallest absolute Gasteiger partial charge is 0.161 e. The normalized spacial score (nSPS) is 10.4. The van der Waals surface area contributed by atoms with E-state index in [0.29, 0.717) is 0 Å². The van der Waals surface area contributed by atoms with E-state index in [1.165, 1.54) is 6.33 Å². The number of nitrogens with zero attached hydrogens (tertiary/aromatic N) is 4. The molecule has 0 saturated heterocycles. The summed E-state index contributed by atoms with van der Waals surface area (Å²) in [5, 5.41) is 7.39. The molecule has 16 heavy (non-hydrogen) atoms. The van der Waals surface area contributed by atoms with Crippen molar-refractivity contribution in [2.75, 3.05) is 11.9 Å². The van der Waals surface area contributed by atoms with Gasteiger partial charge in [-0.3, -0.25) is 0 Å². The van der Waals surface area contributed by atoms with Gasteiger partial charge in [0.15, 0.2) is 5.82 Å². The lowest BCUT2D eigenvalue weighted by Gasteiger charge is -2.09. The summed E-state index contributed by atoms with van der Waals surface area (Å²) in [4.78, 5) is 8.42. The number of anilines is 1. The molecule has 1 N–H and O–H groups in total. The van der Waals surface area contributed by atoms with E-state index in [4.69, 9.17) is 0 Å². The van der Waals surface area contributed by atoms with Crippen LogP contribution in [-0.4, -0.2) is 26.3 Å². The van der Waals surface area contributed by atoms with Gasteiger partial charge in [0.05, 0.1) is 10.7 Å². The highest BCUT2D eigenvalue weighted by molar-refractivity contribution is 9.10. The monoisotopic (exact) mass is 281 g/mol. The topological polar surface area (TPSA) is 55.6 Å². The molecule has 0 fully saturated rings. The van der Waals surface area contributed by atoms with Crippen LogP contribution in [0, 0.1) is 6.92 Å². The molecule has 0 atom stereocenters. The lowest BCUT2D eigenvalue weighted by atomic mass is 10.3. The van der Waals surface area contributed by atoms with Gasteiger partial charge in [0.25, 0.3) is 0 Å². The Morgan fingerprint density at radius 3 is 2.88 bits per heavy atom. The second-order valence-corrected chi connectivity index (χ2v) is 4.22. The van der Waals surface area contributed by atoms with E-state index in [1.807, 2.05) is 20.0 Å². The third kappa shape index (κ3) is 2.06. The van der Waals surface area contributed by atoms with Gasteiger partial charge >= 0.3 is 0 Å². The zero-order valence-electron chi connectivity index (χ0n) is 9.11. The van der Waals surface area contributed by atoms with Gasteiger partial charge in [-0.2, -0.15) is 5.10 Å². The molecule has 2 heterocycles. The molecular weight excluding hydrogens is 270 g/mol. The van der Waals surface area contributed by atoms with E-state index < -0.39 is 0 Å². The maximum Gasteiger partial charge on any atom is 0.161 e. The van der Waals surface area contributed by atoms with E-state index >= 15 is 0 Å². The molecule has 0 aliphatic rings. The van der Waals surface area contributed by atoms with Crippen molar-refractivity contribution >= 4 is 21.7 Å². The zero-order valence-corrected chi connectivity index (χ0v) is 10.7. The molecule has 2 rings (SSSR count). The predicted molar refractivity (Wildman–Crippen MR) is 65.8 cm³/mol. The van der Waals surface area contributed by atoms with Gasteiger partial charge in [-0.15, -0.1) is 0 Å². The van der Waals surface area contributed by atoms with Gasteiger partial charge in [0.2, 0.25) is 0 Å². The minimum Gasteiger partial charge on any atom is -0.370 e. The Hall–Kier alpha value is -1.43. The fourth-order valence-electron chi connectivity index (χ4n) is 1.43. The SMILES string of the molecule is CCNc1ncnc(-n2cc(Br)cn2)c1C. The molecule has 0 radical (unpaired) electrons. The molecule has 0 unspecified atom stereocenters. The number of halogens is 1. The van der Waals surface area contributed by atoms with Gasteiger partial charge in [-0.1, -0.05) is 0 Å². The molecule has 0 amide bonds. The summed E-state index contributed by atoms with van der Waals surface area (Å²) in [6, 6.07) is 0. The van der Waals surface area contributed by atoms with Gasteiger partial charge in [0, 0.05) is 18.3 Å². The number of hydrogen-bond acceptors (Lipinski definition) is 4. The van der Waals surface area contributed by atoms with Crippen LogP contribution in [0.1, 0.15) is 12.5 Å². The maximum atomic E-state index is 4.23. The standard InChI is InChI=1S/C10H12BrN5/c1-3-12-9-7(2)10(14-6-13-9)16-5-8(11)4-15-16/h4-6H,3H2,1-2H3,(H,12,13,14). The van der Waals surface area contributed by atoms with Crippen molar-refractivity contribution in [2.24, 2.45) is 0 Å². The average Bonchev–Trinajstić information content (AvgIpc) is 2.68. The van der Waals surface area contributed by atoms with E-state index in [9.17, 15) is 0 Å². The Bertz CT molecular complexity index is 494. The van der Waals surface area contributed by atoms with Crippen molar-refractivity contribution < 1.29 is 0 Å². The lowest BCUT2D eigenvalue weighted by Crippen LogP contribution is -2.07. The molecule has 2 aromatic heterocycles. The number of aromatic nitrogens is 4. The van der Waals surface area contributed by atoms with Crippen LogP contribution in [0.4, 0.5) is 5.82 Å². The third-order valence-electron chi connectivity index (χ3n) is 2.17. The first kappa shape index (κ1) is 11.1. The van der Waals surface area contributed by atoms with Gasteiger partial charge < -0.3 is 5.32 Å². The van der Waals surface area contributed by atoms with Crippen LogP contribution >= 0.6 is 15.9 Å². The zero-order chi connectivity index (χ0) is 11.5. The first-order valence-corrected chi connectivity index (χ1v) is 5.77. The van der Waals surface area contributed by atoms with E-state index in [2.05, 4.69) is 36.3 Å². The van der Waals surface area contributed by atoms with Crippen molar-refractivity contribution in [3.8, 4) is 5.82 Å². The summed E-state index contributed by atoms with van der Waals surface area (Å²) >= 11 is 3.36. The highest BCUT2D eigenvalue weighted by Crippen LogP contribution is 2.18. The highest BCUT2D eigenvalue weighted by atomic mass is 79.9. The van der Waals surface area contributed by atoms with Crippen LogP contribution in [0.25, 0.3) is 5.82 Å². The Morgan fingerprint density at radius 1 is 1.44 bits per heavy atom. The van der Waals surface area contributed by atoms with E-state index in [-0.39, 0.29) is 0 Å². The first-order valence-electron chi connectivity index (χ1n) is 4.98. The summed E-state index contributed by atoms with van der Waals surface area (Å²) in [5.41, 5.74) is 0.986. The minimum atomic E-state index is 0.789. The molecule has 0 bridgehead atoms. The molecule has 2 aromatic rings. The summed E-state index contributed by atoms with van der Waals surface area (Å²) in [6.07, 6.45) is 5.13. The van der Waals surface area contributed by atoms with E-state index in [0.717, 1.165) is 28.2 Å². The number of hydrogen-bond donors (Lipinski definition) is 1. The Morgan fingerprint density at radius 2 is 2.25 bits per heavy atom. The summed E-state index contributed by atoms with van der Waals surface area (Å²) < 4.78 is 2.65. The van der Waals surface area contributed by atoms with Crippen molar-refractivity contribution in [3.63, 3.8) is 0 Å². The average molecular weight is 282 g/mol. The van der Waals surface area contributed by atoms with Gasteiger partial charge in [-0.25, -0.2) is 14.6 Å². The van der Waals surface area contributed by atoms with Crippen LogP contribution in [0.2, 0.25) is 0 Å². The molecule has 5 nitrogen and oxygen atoms in total. The van der Waals surface area contributed by atoms with Crippen LogP contribution in [0.3, 0.4) is 0 Å². The van der Waals surface area contributed by atoms with Crippen molar-refractivity contribution in [1.82, 2.24) is 19.7 Å². The molecule has 0 aromatic carbocycles. The largest absolute Gasteiger partial charge is 0.370 e. The summed E-state index contributed by atoms with van der Waals surface area (Å²) in [5.74, 6) is 1.63. The molecule has 0 aliphatic carbocycles. The third-order valence-corrected chi connectivity index (χ3v) is 2.58. The number of rotatable bonds is 3. The minimum absolute atomic E-state index is 0.789.